The maximum Gasteiger partial charge on any atom is 0.224 e. The highest BCUT2D eigenvalue weighted by atomic mass is 16.5. The maximum atomic E-state index is 12.6. The summed E-state index contributed by atoms with van der Waals surface area (Å²) >= 11 is 0. The summed E-state index contributed by atoms with van der Waals surface area (Å²) in [6.45, 7) is 6.72. The van der Waals surface area contributed by atoms with Gasteiger partial charge in [-0.25, -0.2) is 0 Å². The van der Waals surface area contributed by atoms with Gasteiger partial charge in [0.25, 0.3) is 0 Å². The van der Waals surface area contributed by atoms with Crippen LogP contribution in [-0.2, 0) is 16.1 Å². The number of hydrogen-bond acceptors (Lipinski definition) is 4. The van der Waals surface area contributed by atoms with Gasteiger partial charge in [0, 0.05) is 50.5 Å². The maximum absolute atomic E-state index is 12.6. The second-order valence-corrected chi connectivity index (χ2v) is 7.47. The molecule has 1 aromatic heterocycles. The molecule has 0 unspecified atom stereocenters. The van der Waals surface area contributed by atoms with Crippen LogP contribution in [0.3, 0.4) is 0 Å². The van der Waals surface area contributed by atoms with Crippen molar-refractivity contribution in [2.75, 3.05) is 26.3 Å². The lowest BCUT2D eigenvalue weighted by molar-refractivity contribution is -0.129. The summed E-state index contributed by atoms with van der Waals surface area (Å²) in [4.78, 5) is 21.8. The van der Waals surface area contributed by atoms with E-state index in [0.717, 1.165) is 50.0 Å². The molecule has 5 heteroatoms. The second kappa shape index (κ2) is 6.81. The van der Waals surface area contributed by atoms with Crippen LogP contribution in [0.15, 0.2) is 18.2 Å². The van der Waals surface area contributed by atoms with Crippen LogP contribution in [0, 0.1) is 12.8 Å². The van der Waals surface area contributed by atoms with Gasteiger partial charge in [-0.15, -0.1) is 0 Å². The topological polar surface area (TPSA) is 45.7 Å². The molecule has 24 heavy (non-hydrogen) atoms. The summed E-state index contributed by atoms with van der Waals surface area (Å²) in [6, 6.07) is 6.85. The van der Waals surface area contributed by atoms with Crippen LogP contribution < -0.4 is 0 Å². The standard InChI is InChI=1S/C19H27N3O2/c1-14-3-2-4-16(20-14)13-22-17-5-8-21(18(17)11-19(22)23)12-15-6-9-24-10-7-15/h2-4,15,17-18H,5-13H2,1H3/t17-,18-/m1/s1. The van der Waals surface area contributed by atoms with Crippen molar-refractivity contribution in [3.05, 3.63) is 29.6 Å². The van der Waals surface area contributed by atoms with Crippen LogP contribution in [0.25, 0.3) is 0 Å². The van der Waals surface area contributed by atoms with Crippen molar-refractivity contribution in [3.63, 3.8) is 0 Å². The van der Waals surface area contributed by atoms with Gasteiger partial charge in [-0.2, -0.15) is 0 Å². The van der Waals surface area contributed by atoms with Gasteiger partial charge < -0.3 is 9.64 Å². The number of amides is 1. The van der Waals surface area contributed by atoms with Crippen LogP contribution in [-0.4, -0.2) is 59.1 Å². The summed E-state index contributed by atoms with van der Waals surface area (Å²) in [6.07, 6.45) is 4.11. The quantitative estimate of drug-likeness (QED) is 0.847. The highest BCUT2D eigenvalue weighted by molar-refractivity contribution is 5.80. The number of aromatic nitrogens is 1. The average molecular weight is 329 g/mol. The minimum absolute atomic E-state index is 0.296. The molecule has 0 N–H and O–H groups in total. The van der Waals surface area contributed by atoms with E-state index in [1.807, 2.05) is 25.1 Å². The molecule has 0 saturated carbocycles. The number of carbonyl (C=O) groups is 1. The predicted octanol–water partition coefficient (Wildman–Crippen LogP) is 1.99. The van der Waals surface area contributed by atoms with Crippen molar-refractivity contribution in [1.82, 2.24) is 14.8 Å². The van der Waals surface area contributed by atoms with Crippen molar-refractivity contribution in [2.45, 2.75) is 51.2 Å². The van der Waals surface area contributed by atoms with Gasteiger partial charge in [0.05, 0.1) is 12.2 Å². The minimum atomic E-state index is 0.296. The molecule has 3 aliphatic heterocycles. The van der Waals surface area contributed by atoms with Crippen molar-refractivity contribution < 1.29 is 9.53 Å². The molecule has 5 nitrogen and oxygen atoms in total. The first kappa shape index (κ1) is 16.0. The first-order valence-corrected chi connectivity index (χ1v) is 9.24. The van der Waals surface area contributed by atoms with Gasteiger partial charge in [-0.1, -0.05) is 6.07 Å². The SMILES string of the molecule is Cc1cccc(CN2C(=O)C[C@@H]3[C@H]2CCN3CC2CCOCC2)n1. The van der Waals surface area contributed by atoms with E-state index in [1.54, 1.807) is 0 Å². The largest absolute Gasteiger partial charge is 0.381 e. The molecule has 4 rings (SSSR count). The zero-order valence-electron chi connectivity index (χ0n) is 14.5. The third-order valence-corrected chi connectivity index (χ3v) is 5.84. The van der Waals surface area contributed by atoms with E-state index in [9.17, 15) is 4.79 Å². The monoisotopic (exact) mass is 329 g/mol. The normalized spacial score (nSPS) is 28.5. The molecule has 3 aliphatic rings. The fourth-order valence-corrected chi connectivity index (χ4v) is 4.56. The van der Waals surface area contributed by atoms with Crippen LogP contribution in [0.4, 0.5) is 0 Å². The Morgan fingerprint density at radius 2 is 2.04 bits per heavy atom. The van der Waals surface area contributed by atoms with Gasteiger partial charge in [0.15, 0.2) is 0 Å². The fourth-order valence-electron chi connectivity index (χ4n) is 4.56. The molecule has 0 spiro atoms. The molecule has 0 aromatic carbocycles. The second-order valence-electron chi connectivity index (χ2n) is 7.47. The number of likely N-dealkylation sites (tertiary alicyclic amines) is 2. The average Bonchev–Trinajstić information content (AvgIpc) is 3.09. The lowest BCUT2D eigenvalue weighted by Gasteiger charge is -2.30. The van der Waals surface area contributed by atoms with E-state index in [1.165, 1.54) is 12.8 Å². The Bertz CT molecular complexity index is 600. The summed E-state index contributed by atoms with van der Waals surface area (Å²) in [5.74, 6) is 1.03. The zero-order valence-corrected chi connectivity index (χ0v) is 14.5. The summed E-state index contributed by atoms with van der Waals surface area (Å²) < 4.78 is 5.47. The summed E-state index contributed by atoms with van der Waals surface area (Å²) in [5, 5.41) is 0. The van der Waals surface area contributed by atoms with Crippen molar-refractivity contribution >= 4 is 5.91 Å². The molecule has 0 radical (unpaired) electrons. The number of fused-ring (bicyclic) bond motifs is 1. The molecule has 1 amide bonds. The number of rotatable bonds is 4. The Morgan fingerprint density at radius 3 is 2.83 bits per heavy atom. The first-order valence-electron chi connectivity index (χ1n) is 9.24. The Hall–Kier alpha value is -1.46. The number of aryl methyl sites for hydroxylation is 1. The van der Waals surface area contributed by atoms with E-state index >= 15 is 0 Å². The molecule has 4 heterocycles. The predicted molar refractivity (Wildman–Crippen MR) is 91.5 cm³/mol. The van der Waals surface area contributed by atoms with E-state index in [4.69, 9.17) is 4.74 Å². The van der Waals surface area contributed by atoms with E-state index in [0.29, 0.717) is 31.0 Å². The lowest BCUT2D eigenvalue weighted by atomic mass is 9.99. The Morgan fingerprint density at radius 1 is 1.21 bits per heavy atom. The van der Waals surface area contributed by atoms with Crippen molar-refractivity contribution in [1.29, 1.82) is 0 Å². The van der Waals surface area contributed by atoms with Crippen LogP contribution >= 0.6 is 0 Å². The van der Waals surface area contributed by atoms with Crippen molar-refractivity contribution in [3.8, 4) is 0 Å². The Kier molecular flexibility index (Phi) is 4.55. The third kappa shape index (κ3) is 3.20. The van der Waals surface area contributed by atoms with Gasteiger partial charge in [0.1, 0.15) is 0 Å². The van der Waals surface area contributed by atoms with Gasteiger partial charge in [-0.3, -0.25) is 14.7 Å². The zero-order chi connectivity index (χ0) is 16.5. The number of hydrogen-bond donors (Lipinski definition) is 0. The van der Waals surface area contributed by atoms with Crippen molar-refractivity contribution in [2.24, 2.45) is 5.92 Å². The van der Waals surface area contributed by atoms with E-state index in [-0.39, 0.29) is 0 Å². The number of carbonyl (C=O) groups excluding carboxylic acids is 1. The van der Waals surface area contributed by atoms with Crippen LogP contribution in [0.5, 0.6) is 0 Å². The van der Waals surface area contributed by atoms with Gasteiger partial charge in [-0.05, 0) is 44.2 Å². The highest BCUT2D eigenvalue weighted by Crippen LogP contribution is 2.34. The molecule has 0 aliphatic carbocycles. The molecule has 3 fully saturated rings. The minimum Gasteiger partial charge on any atom is -0.381 e. The highest BCUT2D eigenvalue weighted by Gasteiger charge is 2.46. The molecular weight excluding hydrogens is 302 g/mol. The van der Waals surface area contributed by atoms with Crippen LogP contribution in [0.2, 0.25) is 0 Å². The molecule has 130 valence electrons. The first-order chi connectivity index (χ1) is 11.7. The molecule has 1 aromatic rings. The molecule has 3 saturated heterocycles. The number of ether oxygens (including phenoxy) is 1. The third-order valence-electron chi connectivity index (χ3n) is 5.84. The van der Waals surface area contributed by atoms with Gasteiger partial charge in [0.2, 0.25) is 5.91 Å². The smallest absolute Gasteiger partial charge is 0.224 e. The Balaban J connectivity index is 1.41. The molecule has 0 bridgehead atoms. The number of nitrogens with zero attached hydrogens (tertiary/aromatic N) is 3. The lowest BCUT2D eigenvalue weighted by Crippen LogP contribution is -2.39. The number of pyridine rings is 1. The fraction of sp³-hybridized carbons (Fsp3) is 0.684. The summed E-state index contributed by atoms with van der Waals surface area (Å²) in [7, 11) is 0. The summed E-state index contributed by atoms with van der Waals surface area (Å²) in [5.41, 5.74) is 2.02. The van der Waals surface area contributed by atoms with E-state index < -0.39 is 0 Å². The van der Waals surface area contributed by atoms with Crippen LogP contribution in [0.1, 0.15) is 37.1 Å². The molecular formula is C19H27N3O2. The van der Waals surface area contributed by atoms with Gasteiger partial charge >= 0.3 is 0 Å². The Labute approximate surface area is 144 Å². The van der Waals surface area contributed by atoms with E-state index in [2.05, 4.69) is 14.8 Å². The molecule has 2 atom stereocenters.